The number of nitrogens with zero attached hydrogens (tertiary/aromatic N) is 2. The third-order valence-electron chi connectivity index (χ3n) is 6.30. The first kappa shape index (κ1) is 24.7. The van der Waals surface area contributed by atoms with Gasteiger partial charge in [0, 0.05) is 23.4 Å². The molecule has 0 atom stereocenters. The number of nitrogens with one attached hydrogen (secondary N) is 1. The van der Waals surface area contributed by atoms with Crippen LogP contribution in [0.4, 0.5) is 9.93 Å². The number of aromatic nitrogens is 1. The molecule has 3 heterocycles. The summed E-state index contributed by atoms with van der Waals surface area (Å²) in [6, 6.07) is 7.21. The van der Waals surface area contributed by atoms with Gasteiger partial charge in [-0.15, -0.1) is 0 Å². The number of hydrogen-bond donors (Lipinski definition) is 1. The van der Waals surface area contributed by atoms with E-state index in [0.29, 0.717) is 30.2 Å². The first-order valence-corrected chi connectivity index (χ1v) is 12.3. The molecule has 1 aromatic carbocycles. The number of benzene rings is 1. The third-order valence-corrected chi connectivity index (χ3v) is 7.30. The van der Waals surface area contributed by atoms with Gasteiger partial charge in [0.2, 0.25) is 0 Å². The number of hydrogen-bond acceptors (Lipinski definition) is 7. The number of carbonyl (C=O) groups is 2. The summed E-state index contributed by atoms with van der Waals surface area (Å²) in [5.74, 6) is -0.240. The highest BCUT2D eigenvalue weighted by Gasteiger charge is 2.51. The third kappa shape index (κ3) is 5.14. The van der Waals surface area contributed by atoms with E-state index in [0.717, 1.165) is 16.0 Å². The lowest BCUT2D eigenvalue weighted by Crippen LogP contribution is -2.41. The fraction of sp³-hybridized carbons (Fsp3) is 0.542. The van der Waals surface area contributed by atoms with Crippen LogP contribution in [0.5, 0.6) is 0 Å². The average molecular weight is 485 g/mol. The lowest BCUT2D eigenvalue weighted by molar-refractivity contribution is 0.00578. The van der Waals surface area contributed by atoms with Crippen molar-refractivity contribution in [3.63, 3.8) is 0 Å². The number of anilines is 1. The van der Waals surface area contributed by atoms with Crippen LogP contribution in [-0.4, -0.2) is 52.4 Å². The van der Waals surface area contributed by atoms with Gasteiger partial charge in [-0.25, -0.2) is 9.78 Å². The smallest absolute Gasteiger partial charge is 0.444 e. The topological polar surface area (TPSA) is 90.0 Å². The van der Waals surface area contributed by atoms with E-state index in [1.54, 1.807) is 17.0 Å². The summed E-state index contributed by atoms with van der Waals surface area (Å²) in [6.45, 7) is 14.6. The van der Waals surface area contributed by atoms with E-state index in [1.807, 2.05) is 60.6 Å². The molecule has 1 fully saturated rings. The maximum Gasteiger partial charge on any atom is 0.494 e. The van der Waals surface area contributed by atoms with Gasteiger partial charge >= 0.3 is 13.2 Å². The van der Waals surface area contributed by atoms with Gasteiger partial charge in [0.25, 0.3) is 5.91 Å². The van der Waals surface area contributed by atoms with E-state index in [2.05, 4.69) is 10.3 Å². The molecule has 0 saturated carbocycles. The Morgan fingerprint density at radius 3 is 2.32 bits per heavy atom. The molecule has 34 heavy (non-hydrogen) atoms. The summed E-state index contributed by atoms with van der Waals surface area (Å²) < 4.78 is 17.6. The second kappa shape index (κ2) is 8.66. The molecule has 2 aliphatic rings. The molecule has 8 nitrogen and oxygen atoms in total. The van der Waals surface area contributed by atoms with E-state index >= 15 is 0 Å². The van der Waals surface area contributed by atoms with Gasteiger partial charge < -0.3 is 18.9 Å². The lowest BCUT2D eigenvalue weighted by atomic mass is 9.79. The normalized spacial score (nSPS) is 19.0. The molecule has 1 saturated heterocycles. The first-order valence-electron chi connectivity index (χ1n) is 11.5. The molecule has 2 aliphatic heterocycles. The highest BCUT2D eigenvalue weighted by molar-refractivity contribution is 7.15. The zero-order chi connectivity index (χ0) is 24.9. The van der Waals surface area contributed by atoms with Gasteiger partial charge in [-0.3, -0.25) is 10.1 Å². The summed E-state index contributed by atoms with van der Waals surface area (Å²) in [6.07, 6.45) is 0.295. The van der Waals surface area contributed by atoms with Crippen molar-refractivity contribution in [2.75, 3.05) is 11.9 Å². The Hall–Kier alpha value is -2.43. The molecule has 0 radical (unpaired) electrons. The minimum Gasteiger partial charge on any atom is -0.444 e. The van der Waals surface area contributed by atoms with Crippen LogP contribution in [0.15, 0.2) is 24.3 Å². The Kier molecular flexibility index (Phi) is 6.29. The Balaban J connectivity index is 1.39. The van der Waals surface area contributed by atoms with Gasteiger partial charge in [-0.1, -0.05) is 23.5 Å². The minimum absolute atomic E-state index is 0.240. The van der Waals surface area contributed by atoms with Crippen molar-refractivity contribution in [3.8, 4) is 0 Å². The van der Waals surface area contributed by atoms with E-state index in [9.17, 15) is 9.59 Å². The van der Waals surface area contributed by atoms with Crippen LogP contribution in [0.1, 0.15) is 69.4 Å². The van der Waals surface area contributed by atoms with E-state index < -0.39 is 23.9 Å². The summed E-state index contributed by atoms with van der Waals surface area (Å²) in [5, 5.41) is 3.41. The SMILES string of the molecule is CC(C)(C)OC(=O)N1CCc2nc(NC(=O)c3ccc(B4OC(C)(C)C(C)(C)O4)cc3)sc2C1. The van der Waals surface area contributed by atoms with Crippen molar-refractivity contribution in [2.45, 2.75) is 78.2 Å². The number of thiazole rings is 1. The van der Waals surface area contributed by atoms with Crippen LogP contribution in [0.3, 0.4) is 0 Å². The van der Waals surface area contributed by atoms with E-state index in [-0.39, 0.29) is 12.0 Å². The maximum atomic E-state index is 12.8. The van der Waals surface area contributed by atoms with E-state index in [1.165, 1.54) is 11.3 Å². The molecule has 1 aromatic heterocycles. The lowest BCUT2D eigenvalue weighted by Gasteiger charge is -2.32. The van der Waals surface area contributed by atoms with Gasteiger partial charge in [0.15, 0.2) is 5.13 Å². The Labute approximate surface area is 205 Å². The van der Waals surface area contributed by atoms with Crippen molar-refractivity contribution in [1.82, 2.24) is 9.88 Å². The Morgan fingerprint density at radius 2 is 1.74 bits per heavy atom. The number of carbonyl (C=O) groups excluding carboxylic acids is 2. The summed E-state index contributed by atoms with van der Waals surface area (Å²) in [7, 11) is -0.472. The molecule has 2 amide bonds. The standard InChI is InChI=1S/C24H32BN3O5S/c1-22(2,3)31-21(30)28-13-12-17-18(14-28)34-20(26-17)27-19(29)15-8-10-16(11-9-15)25-32-23(4,5)24(6,7)33-25/h8-11H,12-14H2,1-7H3,(H,26,27,29). The van der Waals surface area contributed by atoms with Crippen LogP contribution in [0.25, 0.3) is 0 Å². The largest absolute Gasteiger partial charge is 0.494 e. The summed E-state index contributed by atoms with van der Waals surface area (Å²) in [5.41, 5.74) is 0.914. The second-order valence-corrected chi connectivity index (χ2v) is 11.8. The highest BCUT2D eigenvalue weighted by Crippen LogP contribution is 2.36. The minimum atomic E-state index is -0.540. The quantitative estimate of drug-likeness (QED) is 0.662. The maximum absolute atomic E-state index is 12.8. The molecule has 1 N–H and O–H groups in total. The average Bonchev–Trinajstić information content (AvgIpc) is 3.22. The van der Waals surface area contributed by atoms with Crippen molar-refractivity contribution in [2.24, 2.45) is 0 Å². The fourth-order valence-electron chi connectivity index (χ4n) is 3.67. The van der Waals surface area contributed by atoms with Gasteiger partial charge in [-0.2, -0.15) is 0 Å². The fourth-order valence-corrected chi connectivity index (χ4v) is 4.69. The van der Waals surface area contributed by atoms with Crippen molar-refractivity contribution in [1.29, 1.82) is 0 Å². The predicted molar refractivity (Wildman–Crippen MR) is 133 cm³/mol. The molecule has 10 heteroatoms. The van der Waals surface area contributed by atoms with Crippen molar-refractivity contribution < 1.29 is 23.6 Å². The zero-order valence-corrected chi connectivity index (χ0v) is 21.7. The van der Waals surface area contributed by atoms with Gasteiger partial charge in [-0.05, 0) is 66.1 Å². The van der Waals surface area contributed by atoms with Crippen molar-refractivity contribution in [3.05, 3.63) is 40.4 Å². The highest BCUT2D eigenvalue weighted by atomic mass is 32.1. The molecular formula is C24H32BN3O5S. The second-order valence-electron chi connectivity index (χ2n) is 10.7. The summed E-state index contributed by atoms with van der Waals surface area (Å²) >= 11 is 1.39. The molecule has 0 unspecified atom stereocenters. The van der Waals surface area contributed by atoms with Crippen LogP contribution < -0.4 is 10.8 Å². The van der Waals surface area contributed by atoms with Crippen LogP contribution in [-0.2, 0) is 27.0 Å². The van der Waals surface area contributed by atoms with Gasteiger partial charge in [0.1, 0.15) is 5.60 Å². The number of rotatable bonds is 3. The van der Waals surface area contributed by atoms with Crippen LogP contribution in [0, 0.1) is 0 Å². The Morgan fingerprint density at radius 1 is 1.12 bits per heavy atom. The number of ether oxygens (including phenoxy) is 1. The van der Waals surface area contributed by atoms with Crippen molar-refractivity contribution >= 4 is 41.0 Å². The first-order chi connectivity index (χ1) is 15.7. The molecule has 0 aliphatic carbocycles. The van der Waals surface area contributed by atoms with Gasteiger partial charge in [0.05, 0.1) is 23.4 Å². The number of amides is 2. The molecular weight excluding hydrogens is 453 g/mol. The van der Waals surface area contributed by atoms with E-state index in [4.69, 9.17) is 14.0 Å². The zero-order valence-electron chi connectivity index (χ0n) is 20.9. The molecule has 182 valence electrons. The summed E-state index contributed by atoms with van der Waals surface area (Å²) in [4.78, 5) is 32.4. The monoisotopic (exact) mass is 485 g/mol. The molecule has 2 aromatic rings. The molecule has 0 spiro atoms. The molecule has 4 rings (SSSR count). The Bertz CT molecular complexity index is 1080. The number of fused-ring (bicyclic) bond motifs is 1. The van der Waals surface area contributed by atoms with Crippen LogP contribution in [0.2, 0.25) is 0 Å². The van der Waals surface area contributed by atoms with Crippen LogP contribution >= 0.6 is 11.3 Å². The molecule has 0 bridgehead atoms. The predicted octanol–water partition coefficient (Wildman–Crippen LogP) is 3.99.